The van der Waals surface area contributed by atoms with Gasteiger partial charge in [-0.1, -0.05) is 66.7 Å². The van der Waals surface area contributed by atoms with Gasteiger partial charge in [0.2, 0.25) is 11.0 Å². The van der Waals surface area contributed by atoms with Gasteiger partial charge in [0.05, 0.1) is 20.8 Å². The summed E-state index contributed by atoms with van der Waals surface area (Å²) >= 11 is 1.33. The van der Waals surface area contributed by atoms with E-state index < -0.39 is 0 Å². The van der Waals surface area contributed by atoms with Crippen molar-refractivity contribution in [3.05, 3.63) is 101 Å². The summed E-state index contributed by atoms with van der Waals surface area (Å²) in [4.78, 5) is 19.6. The lowest BCUT2D eigenvalue weighted by molar-refractivity contribution is -0.119. The van der Waals surface area contributed by atoms with Gasteiger partial charge in [-0.15, -0.1) is 0 Å². The number of methoxy groups -OCH3 is 2. The number of carbonyl (C=O) groups is 1. The molecular weight excluding hydrogens is 472 g/mol. The highest BCUT2D eigenvalue weighted by Gasteiger charge is 2.17. The van der Waals surface area contributed by atoms with Crippen LogP contribution in [-0.4, -0.2) is 42.6 Å². The van der Waals surface area contributed by atoms with Gasteiger partial charge in [0.15, 0.2) is 11.5 Å². The Balaban J connectivity index is 1.39. The highest BCUT2D eigenvalue weighted by Crippen LogP contribution is 2.27. The van der Waals surface area contributed by atoms with Gasteiger partial charge in [0.25, 0.3) is 0 Å². The van der Waals surface area contributed by atoms with Gasteiger partial charge >= 0.3 is 0 Å². The van der Waals surface area contributed by atoms with Crippen LogP contribution in [0.3, 0.4) is 0 Å². The van der Waals surface area contributed by atoms with E-state index in [0.717, 1.165) is 27.6 Å². The Bertz CT molecular complexity index is 1250. The van der Waals surface area contributed by atoms with Gasteiger partial charge in [-0.05, 0) is 35.2 Å². The number of hydrogen-bond donors (Lipinski definition) is 1. The number of nitrogens with one attached hydrogen (secondary N) is 1. The number of carbonyl (C=O) groups excluding carboxylic acids is 1. The molecule has 186 valence electrons. The zero-order valence-electron chi connectivity index (χ0n) is 20.5. The Morgan fingerprint density at radius 3 is 2.28 bits per heavy atom. The van der Waals surface area contributed by atoms with Crippen molar-refractivity contribution in [1.82, 2.24) is 14.7 Å². The molecule has 8 heteroatoms. The van der Waals surface area contributed by atoms with E-state index in [4.69, 9.17) is 14.5 Å². The summed E-state index contributed by atoms with van der Waals surface area (Å²) < 4.78 is 15.2. The molecule has 1 amide bonds. The minimum atomic E-state index is -0.0637. The molecule has 0 atom stereocenters. The molecule has 1 aromatic heterocycles. The second kappa shape index (κ2) is 12.7. The molecule has 0 fully saturated rings. The lowest BCUT2D eigenvalue weighted by atomic mass is 10.1. The van der Waals surface area contributed by atoms with Gasteiger partial charge < -0.3 is 19.7 Å². The van der Waals surface area contributed by atoms with Crippen LogP contribution in [0.25, 0.3) is 0 Å². The molecule has 0 aliphatic heterocycles. The highest BCUT2D eigenvalue weighted by molar-refractivity contribution is 7.09. The quantitative estimate of drug-likeness (QED) is 0.307. The predicted octanol–water partition coefficient (Wildman–Crippen LogP) is 4.51. The highest BCUT2D eigenvalue weighted by atomic mass is 32.1. The summed E-state index contributed by atoms with van der Waals surface area (Å²) in [5.74, 6) is 2.06. The first kappa shape index (κ1) is 25.2. The van der Waals surface area contributed by atoms with Gasteiger partial charge in [-0.3, -0.25) is 4.79 Å². The van der Waals surface area contributed by atoms with Crippen molar-refractivity contribution in [3.63, 3.8) is 0 Å². The van der Waals surface area contributed by atoms with E-state index in [0.29, 0.717) is 37.4 Å². The minimum Gasteiger partial charge on any atom is -0.493 e. The third-order valence-electron chi connectivity index (χ3n) is 5.67. The van der Waals surface area contributed by atoms with Crippen LogP contribution >= 0.6 is 11.5 Å². The average molecular weight is 503 g/mol. The van der Waals surface area contributed by atoms with Crippen molar-refractivity contribution in [2.75, 3.05) is 32.2 Å². The number of benzene rings is 3. The van der Waals surface area contributed by atoms with Crippen LogP contribution in [0.5, 0.6) is 11.5 Å². The zero-order valence-corrected chi connectivity index (χ0v) is 21.3. The van der Waals surface area contributed by atoms with Gasteiger partial charge in [-0.25, -0.2) is 4.98 Å². The van der Waals surface area contributed by atoms with E-state index >= 15 is 0 Å². The molecule has 4 aromatic rings. The normalized spacial score (nSPS) is 10.6. The SMILES string of the molecule is COc1ccc(CCNC(=O)CN(Cc2ccccc2)c2nc(Cc3ccccc3)ns2)cc1OC. The van der Waals surface area contributed by atoms with E-state index in [9.17, 15) is 4.79 Å². The summed E-state index contributed by atoms with van der Waals surface area (Å²) in [6.07, 6.45) is 1.35. The maximum atomic E-state index is 12.9. The van der Waals surface area contributed by atoms with Gasteiger partial charge in [0, 0.05) is 31.0 Å². The molecule has 3 aromatic carbocycles. The maximum absolute atomic E-state index is 12.9. The van der Waals surface area contributed by atoms with Crippen LogP contribution in [-0.2, 0) is 24.2 Å². The number of ether oxygens (including phenoxy) is 2. The Kier molecular flexibility index (Phi) is 8.88. The van der Waals surface area contributed by atoms with E-state index in [1.807, 2.05) is 71.6 Å². The topological polar surface area (TPSA) is 76.6 Å². The predicted molar refractivity (Wildman–Crippen MR) is 143 cm³/mol. The summed E-state index contributed by atoms with van der Waals surface area (Å²) in [5.41, 5.74) is 3.32. The van der Waals surface area contributed by atoms with Crippen molar-refractivity contribution < 1.29 is 14.3 Å². The Hall–Kier alpha value is -3.91. The lowest BCUT2D eigenvalue weighted by Gasteiger charge is -2.21. The number of nitrogens with zero attached hydrogens (tertiary/aromatic N) is 3. The number of amides is 1. The lowest BCUT2D eigenvalue weighted by Crippen LogP contribution is -2.37. The summed E-state index contributed by atoms with van der Waals surface area (Å²) in [7, 11) is 3.23. The van der Waals surface area contributed by atoms with Crippen molar-refractivity contribution in [2.45, 2.75) is 19.4 Å². The summed E-state index contributed by atoms with van der Waals surface area (Å²) in [6, 6.07) is 26.0. The fourth-order valence-corrected chi connectivity index (χ4v) is 4.51. The summed E-state index contributed by atoms with van der Waals surface area (Å²) in [5, 5.41) is 3.77. The van der Waals surface area contributed by atoms with Crippen molar-refractivity contribution in [3.8, 4) is 11.5 Å². The molecule has 0 bridgehead atoms. The minimum absolute atomic E-state index is 0.0637. The third-order valence-corrected chi connectivity index (χ3v) is 6.48. The van der Waals surface area contributed by atoms with Gasteiger partial charge in [-0.2, -0.15) is 4.37 Å². The van der Waals surface area contributed by atoms with Crippen molar-refractivity contribution >= 4 is 22.6 Å². The first-order chi connectivity index (χ1) is 17.6. The molecule has 0 saturated carbocycles. The van der Waals surface area contributed by atoms with E-state index in [-0.39, 0.29) is 12.5 Å². The number of anilines is 1. The molecule has 1 heterocycles. The Morgan fingerprint density at radius 1 is 0.889 bits per heavy atom. The molecular formula is C28H30N4O3S. The maximum Gasteiger partial charge on any atom is 0.239 e. The number of hydrogen-bond acceptors (Lipinski definition) is 7. The standard InChI is InChI=1S/C28H30N4O3S/c1-34-24-14-13-22(17-25(24)35-2)15-16-29-27(33)20-32(19-23-11-7-4-8-12-23)28-30-26(31-36-28)18-21-9-5-3-6-10-21/h3-14,17H,15-16,18-20H2,1-2H3,(H,29,33). The van der Waals surface area contributed by atoms with Crippen molar-refractivity contribution in [1.29, 1.82) is 0 Å². The monoisotopic (exact) mass is 502 g/mol. The molecule has 36 heavy (non-hydrogen) atoms. The average Bonchev–Trinajstić information content (AvgIpc) is 3.38. The molecule has 7 nitrogen and oxygen atoms in total. The second-order valence-corrected chi connectivity index (χ2v) is 9.02. The van der Waals surface area contributed by atoms with Crippen LogP contribution in [0.2, 0.25) is 0 Å². The van der Waals surface area contributed by atoms with Crippen LogP contribution < -0.4 is 19.7 Å². The van der Waals surface area contributed by atoms with Crippen LogP contribution in [0.15, 0.2) is 78.9 Å². The molecule has 4 rings (SSSR count). The van der Waals surface area contributed by atoms with E-state index in [1.54, 1.807) is 14.2 Å². The fourth-order valence-electron chi connectivity index (χ4n) is 3.83. The molecule has 0 aliphatic carbocycles. The van der Waals surface area contributed by atoms with E-state index in [2.05, 4.69) is 21.8 Å². The van der Waals surface area contributed by atoms with Crippen LogP contribution in [0.4, 0.5) is 5.13 Å². The fraction of sp³-hybridized carbons (Fsp3) is 0.250. The van der Waals surface area contributed by atoms with Crippen LogP contribution in [0.1, 0.15) is 22.5 Å². The summed E-state index contributed by atoms with van der Waals surface area (Å²) in [6.45, 7) is 1.29. The molecule has 0 aliphatic rings. The van der Waals surface area contributed by atoms with Crippen LogP contribution in [0, 0.1) is 0 Å². The molecule has 0 radical (unpaired) electrons. The number of rotatable bonds is 12. The molecule has 0 spiro atoms. The second-order valence-electron chi connectivity index (χ2n) is 8.29. The Morgan fingerprint density at radius 2 is 1.58 bits per heavy atom. The van der Waals surface area contributed by atoms with E-state index in [1.165, 1.54) is 11.5 Å². The molecule has 1 N–H and O–H groups in total. The van der Waals surface area contributed by atoms with Gasteiger partial charge in [0.1, 0.15) is 5.82 Å². The zero-order chi connectivity index (χ0) is 25.2. The first-order valence-electron chi connectivity index (χ1n) is 11.8. The Labute approximate surface area is 215 Å². The largest absolute Gasteiger partial charge is 0.493 e. The third kappa shape index (κ3) is 7.05. The molecule has 0 unspecified atom stereocenters. The molecule has 0 saturated heterocycles. The smallest absolute Gasteiger partial charge is 0.239 e. The van der Waals surface area contributed by atoms with Crippen molar-refractivity contribution in [2.24, 2.45) is 0 Å². The first-order valence-corrected chi connectivity index (χ1v) is 12.5. The number of aromatic nitrogens is 2.